The summed E-state index contributed by atoms with van der Waals surface area (Å²) < 4.78 is 12.4. The van der Waals surface area contributed by atoms with Gasteiger partial charge in [-0.25, -0.2) is 0 Å². The summed E-state index contributed by atoms with van der Waals surface area (Å²) in [4.78, 5) is 4.68. The van der Waals surface area contributed by atoms with Gasteiger partial charge >= 0.3 is 0 Å². The lowest BCUT2D eigenvalue weighted by atomic mass is 9.97. The Labute approximate surface area is 675 Å². The molecule has 0 fully saturated rings. The summed E-state index contributed by atoms with van der Waals surface area (Å²) in [5.41, 5.74) is 33.9. The van der Waals surface area contributed by atoms with Crippen LogP contribution in [0.2, 0.25) is 0 Å². The standard InChI is InChI=1S/C60H41NO.C52H35NO/c1-3-9-42(10-4-1)44-15-19-46(20-16-44)49-27-34-54(35-28-49)61(55-36-29-50(30-37-55)47-21-17-45(18-22-47)43-11-5-2-6-12-43)56-38-31-51(32-39-56)48-23-25-52(26-24-48)53-33-40-58-57-13-7-8-14-59(57)62-60(58)41-53;1-2-10-36(11-3-1)41-14-8-15-42(34-41)37-20-27-44(28-21-37)53(46-31-24-40(25-32-46)48-18-9-13-39-12-4-5-16-47(39)48)45-29-22-38(23-30-45)43-26-33-50-49-17-6-7-19-51(49)54-52(50)35-43/h1-41H;1-35H. The van der Waals surface area contributed by atoms with Crippen LogP contribution in [0.1, 0.15) is 0 Å². The number of fused-ring (bicyclic) bond motifs is 7. The zero-order chi connectivity index (χ0) is 77.1. The van der Waals surface area contributed by atoms with Crippen LogP contribution in [0.25, 0.3) is 166 Å². The molecule has 19 aromatic carbocycles. The minimum Gasteiger partial charge on any atom is -0.456 e. The average Bonchev–Trinajstić information content (AvgIpc) is 1.55. The van der Waals surface area contributed by atoms with Crippen LogP contribution < -0.4 is 9.80 Å². The average molecular weight is 1480 g/mol. The van der Waals surface area contributed by atoms with Gasteiger partial charge in [-0.05, 0) is 237 Å². The first-order valence-corrected chi connectivity index (χ1v) is 39.6. The lowest BCUT2D eigenvalue weighted by Crippen LogP contribution is -2.09. The molecule has 0 amide bonds. The Bertz CT molecular complexity index is 6890. The number of para-hydroxylation sites is 2. The summed E-state index contributed by atoms with van der Waals surface area (Å²) in [7, 11) is 0. The normalized spacial score (nSPS) is 11.3. The molecule has 0 bridgehead atoms. The molecule has 0 aliphatic rings. The third-order valence-corrected chi connectivity index (χ3v) is 22.4. The molecule has 4 heteroatoms. The summed E-state index contributed by atoms with van der Waals surface area (Å²) in [6.07, 6.45) is 0. The Morgan fingerprint density at radius 2 is 0.345 bits per heavy atom. The predicted molar refractivity (Wildman–Crippen MR) is 489 cm³/mol. The van der Waals surface area contributed by atoms with Crippen molar-refractivity contribution in [2.75, 3.05) is 9.80 Å². The number of anilines is 6. The number of hydrogen-bond donors (Lipinski definition) is 0. The van der Waals surface area contributed by atoms with Gasteiger partial charge in [0.15, 0.2) is 0 Å². The fourth-order valence-electron chi connectivity index (χ4n) is 16.3. The van der Waals surface area contributed by atoms with E-state index in [1.165, 1.54) is 94.2 Å². The lowest BCUT2D eigenvalue weighted by molar-refractivity contribution is 0.668. The highest BCUT2D eigenvalue weighted by molar-refractivity contribution is 6.07. The van der Waals surface area contributed by atoms with E-state index in [-0.39, 0.29) is 0 Å². The van der Waals surface area contributed by atoms with Crippen molar-refractivity contribution in [3.05, 3.63) is 461 Å². The van der Waals surface area contributed by atoms with Crippen molar-refractivity contribution in [3.8, 4) is 111 Å². The van der Waals surface area contributed by atoms with Gasteiger partial charge in [-0.1, -0.05) is 346 Å². The second kappa shape index (κ2) is 31.1. The molecule has 116 heavy (non-hydrogen) atoms. The fourth-order valence-corrected chi connectivity index (χ4v) is 16.3. The van der Waals surface area contributed by atoms with Gasteiger partial charge in [-0.15, -0.1) is 0 Å². The number of hydrogen-bond acceptors (Lipinski definition) is 4. The molecule has 2 heterocycles. The van der Waals surface area contributed by atoms with Gasteiger partial charge < -0.3 is 18.6 Å². The van der Waals surface area contributed by atoms with Gasteiger partial charge in [-0.2, -0.15) is 0 Å². The van der Waals surface area contributed by atoms with E-state index in [0.29, 0.717) is 0 Å². The fraction of sp³-hybridized carbons (Fsp3) is 0. The molecule has 0 saturated carbocycles. The van der Waals surface area contributed by atoms with E-state index in [2.05, 4.69) is 447 Å². The molecule has 0 unspecified atom stereocenters. The van der Waals surface area contributed by atoms with Gasteiger partial charge in [0.25, 0.3) is 0 Å². The highest BCUT2D eigenvalue weighted by atomic mass is 16.3. The number of nitrogens with zero attached hydrogens (tertiary/aromatic N) is 2. The third-order valence-electron chi connectivity index (χ3n) is 22.4. The summed E-state index contributed by atoms with van der Waals surface area (Å²) in [6.45, 7) is 0. The molecule has 0 atom stereocenters. The van der Waals surface area contributed by atoms with E-state index in [1.54, 1.807) is 0 Å². The number of furan rings is 2. The van der Waals surface area contributed by atoms with E-state index in [4.69, 9.17) is 8.83 Å². The van der Waals surface area contributed by atoms with Crippen molar-refractivity contribution in [2.24, 2.45) is 0 Å². The zero-order valence-corrected chi connectivity index (χ0v) is 63.6. The molecular formula is C112H76N2O2. The predicted octanol–water partition coefficient (Wildman–Crippen LogP) is 31.9. The number of rotatable bonds is 16. The maximum atomic E-state index is 6.22. The first-order valence-electron chi connectivity index (χ1n) is 39.6. The first kappa shape index (κ1) is 69.8. The maximum absolute atomic E-state index is 6.22. The monoisotopic (exact) mass is 1480 g/mol. The minimum atomic E-state index is 0.903. The molecule has 0 aliphatic heterocycles. The van der Waals surface area contributed by atoms with Crippen LogP contribution in [0.3, 0.4) is 0 Å². The van der Waals surface area contributed by atoms with Crippen LogP contribution in [0.15, 0.2) is 470 Å². The summed E-state index contributed by atoms with van der Waals surface area (Å²) in [5, 5.41) is 7.08. The maximum Gasteiger partial charge on any atom is 0.136 e. The van der Waals surface area contributed by atoms with E-state index in [9.17, 15) is 0 Å². The Kier molecular flexibility index (Phi) is 18.7. The van der Waals surface area contributed by atoms with Gasteiger partial charge in [0.2, 0.25) is 0 Å². The van der Waals surface area contributed by atoms with E-state index in [0.717, 1.165) is 106 Å². The second-order valence-electron chi connectivity index (χ2n) is 29.5. The third kappa shape index (κ3) is 14.2. The minimum absolute atomic E-state index is 0.903. The summed E-state index contributed by atoms with van der Waals surface area (Å²) in [5.74, 6) is 0. The van der Waals surface area contributed by atoms with Gasteiger partial charge in [0.05, 0.1) is 0 Å². The highest BCUT2D eigenvalue weighted by Crippen LogP contribution is 2.44. The molecule has 21 aromatic rings. The van der Waals surface area contributed by atoms with Gasteiger partial charge in [0.1, 0.15) is 22.3 Å². The number of benzene rings is 19. The van der Waals surface area contributed by atoms with Gasteiger partial charge in [0, 0.05) is 55.7 Å². The molecule has 4 nitrogen and oxygen atoms in total. The molecule has 2 aromatic heterocycles. The molecule has 0 radical (unpaired) electrons. The first-order chi connectivity index (χ1) is 57.4. The summed E-state index contributed by atoms with van der Waals surface area (Å²) in [6, 6.07) is 165. The van der Waals surface area contributed by atoms with Crippen molar-refractivity contribution in [3.63, 3.8) is 0 Å². The highest BCUT2D eigenvalue weighted by Gasteiger charge is 2.19. The van der Waals surface area contributed by atoms with Gasteiger partial charge in [-0.3, -0.25) is 0 Å². The Morgan fingerprint density at radius 3 is 0.690 bits per heavy atom. The van der Waals surface area contributed by atoms with Crippen molar-refractivity contribution >= 4 is 88.8 Å². The SMILES string of the molecule is c1ccc(-c2ccc(-c3ccc(N(c4ccc(-c5ccc(-c6ccccc6)cc5)cc4)c4ccc(-c5ccc(-c6ccc7c(c6)oc6ccccc67)cc5)cc4)cc3)cc2)cc1.c1ccc(-c2cccc(-c3ccc(N(c4ccc(-c5ccc6c(c5)oc5ccccc56)cc4)c4ccc(-c5cccc6ccccc56)cc4)cc3)c2)cc1. The van der Waals surface area contributed by atoms with Crippen LogP contribution >= 0.6 is 0 Å². The van der Waals surface area contributed by atoms with Crippen molar-refractivity contribution in [1.82, 2.24) is 0 Å². The molecule has 0 spiro atoms. The smallest absolute Gasteiger partial charge is 0.136 e. The zero-order valence-electron chi connectivity index (χ0n) is 63.6. The van der Waals surface area contributed by atoms with Crippen LogP contribution in [0, 0.1) is 0 Å². The molecule has 0 aliphatic carbocycles. The van der Waals surface area contributed by atoms with Crippen molar-refractivity contribution in [2.45, 2.75) is 0 Å². The molecule has 0 N–H and O–H groups in total. The summed E-state index contributed by atoms with van der Waals surface area (Å²) >= 11 is 0. The van der Waals surface area contributed by atoms with Crippen molar-refractivity contribution < 1.29 is 8.83 Å². The topological polar surface area (TPSA) is 32.8 Å². The van der Waals surface area contributed by atoms with Crippen LogP contribution in [-0.4, -0.2) is 0 Å². The van der Waals surface area contributed by atoms with Crippen LogP contribution in [-0.2, 0) is 0 Å². The van der Waals surface area contributed by atoms with Crippen LogP contribution in [0.5, 0.6) is 0 Å². The molecule has 546 valence electrons. The Balaban J connectivity index is 0.000000151. The second-order valence-corrected chi connectivity index (χ2v) is 29.5. The van der Waals surface area contributed by atoms with Crippen LogP contribution in [0.4, 0.5) is 34.1 Å². The molecule has 0 saturated heterocycles. The Hall–Kier alpha value is -15.4. The van der Waals surface area contributed by atoms with Crippen molar-refractivity contribution in [1.29, 1.82) is 0 Å². The van der Waals surface area contributed by atoms with E-state index < -0.39 is 0 Å². The quantitative estimate of drug-likeness (QED) is 0.0965. The molecular weight excluding hydrogens is 1410 g/mol. The Morgan fingerprint density at radius 1 is 0.129 bits per heavy atom. The van der Waals surface area contributed by atoms with E-state index >= 15 is 0 Å². The molecule has 21 rings (SSSR count). The lowest BCUT2D eigenvalue weighted by Gasteiger charge is -2.26. The largest absolute Gasteiger partial charge is 0.456 e. The van der Waals surface area contributed by atoms with E-state index in [1.807, 2.05) is 24.3 Å².